The molecule has 3 aromatic rings. The van der Waals surface area contributed by atoms with E-state index in [2.05, 4.69) is 17.1 Å². The van der Waals surface area contributed by atoms with Crippen LogP contribution < -0.4 is 14.9 Å². The van der Waals surface area contributed by atoms with Crippen molar-refractivity contribution < 1.29 is 24.1 Å². The van der Waals surface area contributed by atoms with Crippen LogP contribution in [0, 0.1) is 20.2 Å². The minimum atomic E-state index is -0.540. The lowest BCUT2D eigenvalue weighted by Crippen LogP contribution is -2.20. The number of hydrogen-bond donors (Lipinski definition) is 1. The van der Waals surface area contributed by atoms with E-state index in [0.29, 0.717) is 29.0 Å². The molecule has 11 nitrogen and oxygen atoms in total. The summed E-state index contributed by atoms with van der Waals surface area (Å²) in [5, 5.41) is 26.1. The molecule has 11 heteroatoms. The molecule has 0 heterocycles. The highest BCUT2D eigenvalue weighted by Crippen LogP contribution is 2.34. The van der Waals surface area contributed by atoms with Crippen LogP contribution in [0.1, 0.15) is 22.3 Å². The zero-order valence-corrected chi connectivity index (χ0v) is 20.0. The quantitative estimate of drug-likeness (QED) is 0.165. The second kappa shape index (κ2) is 12.6. The van der Waals surface area contributed by atoms with Crippen molar-refractivity contribution in [3.05, 3.63) is 116 Å². The molecule has 0 unspecified atom stereocenters. The number of nitro groups is 2. The SMILES string of the molecule is C=CCc1cc(/C=N/NC(=O)Cc2ccccc2[N+](=O)[O-])cc(OC)c1OCc1cccc([N+](=O)[O-])c1. The molecule has 0 saturated heterocycles. The lowest BCUT2D eigenvalue weighted by molar-refractivity contribution is -0.385. The third kappa shape index (κ3) is 7.21. The number of non-ortho nitro benzene ring substituents is 1. The molecule has 0 aliphatic heterocycles. The number of methoxy groups -OCH3 is 1. The number of nitrogens with one attached hydrogen (secondary N) is 1. The van der Waals surface area contributed by atoms with E-state index in [1.54, 1.807) is 36.4 Å². The van der Waals surface area contributed by atoms with Gasteiger partial charge >= 0.3 is 0 Å². The summed E-state index contributed by atoms with van der Waals surface area (Å²) in [5.74, 6) is 0.338. The van der Waals surface area contributed by atoms with Gasteiger partial charge in [-0.15, -0.1) is 6.58 Å². The molecule has 0 aromatic heterocycles. The van der Waals surface area contributed by atoms with Gasteiger partial charge < -0.3 is 9.47 Å². The van der Waals surface area contributed by atoms with Gasteiger partial charge in [0, 0.05) is 29.3 Å². The Morgan fingerprint density at radius 1 is 1.05 bits per heavy atom. The van der Waals surface area contributed by atoms with Crippen molar-refractivity contribution in [2.75, 3.05) is 7.11 Å². The molecular weight excluding hydrogens is 480 g/mol. The molecule has 0 fully saturated rings. The van der Waals surface area contributed by atoms with Crippen molar-refractivity contribution in [3.8, 4) is 11.5 Å². The molecule has 0 bridgehead atoms. The second-order valence-electron chi connectivity index (χ2n) is 7.78. The predicted molar refractivity (Wildman–Crippen MR) is 137 cm³/mol. The molecule has 1 N–H and O–H groups in total. The molecule has 0 atom stereocenters. The predicted octanol–water partition coefficient (Wildman–Crippen LogP) is 4.51. The lowest BCUT2D eigenvalue weighted by atomic mass is 10.1. The van der Waals surface area contributed by atoms with E-state index < -0.39 is 15.8 Å². The summed E-state index contributed by atoms with van der Waals surface area (Å²) in [5.41, 5.74) is 4.43. The zero-order valence-electron chi connectivity index (χ0n) is 20.0. The molecule has 0 aliphatic carbocycles. The average Bonchev–Trinajstić information content (AvgIpc) is 2.88. The maximum Gasteiger partial charge on any atom is 0.273 e. The molecule has 1 amide bonds. The Labute approximate surface area is 212 Å². The van der Waals surface area contributed by atoms with Gasteiger partial charge in [0.25, 0.3) is 11.4 Å². The average molecular weight is 504 g/mol. The molecular formula is C26H24N4O7. The van der Waals surface area contributed by atoms with E-state index >= 15 is 0 Å². The molecule has 0 saturated carbocycles. The molecule has 3 aromatic carbocycles. The third-order valence-electron chi connectivity index (χ3n) is 5.19. The molecule has 0 radical (unpaired) electrons. The number of hydrogen-bond acceptors (Lipinski definition) is 8. The first kappa shape index (κ1) is 26.5. The van der Waals surface area contributed by atoms with Gasteiger partial charge in [-0.25, -0.2) is 5.43 Å². The maximum absolute atomic E-state index is 12.3. The smallest absolute Gasteiger partial charge is 0.273 e. The fourth-order valence-corrected chi connectivity index (χ4v) is 3.53. The van der Waals surface area contributed by atoms with Crippen LogP contribution in [-0.2, 0) is 24.2 Å². The van der Waals surface area contributed by atoms with Crippen LogP contribution in [0.4, 0.5) is 11.4 Å². The first-order chi connectivity index (χ1) is 17.8. The van der Waals surface area contributed by atoms with Crippen molar-refractivity contribution in [1.29, 1.82) is 0 Å². The number of carbonyl (C=O) groups is 1. The van der Waals surface area contributed by atoms with E-state index in [4.69, 9.17) is 9.47 Å². The van der Waals surface area contributed by atoms with E-state index in [0.717, 1.165) is 5.56 Å². The monoisotopic (exact) mass is 504 g/mol. The first-order valence-electron chi connectivity index (χ1n) is 11.0. The standard InChI is InChI=1S/C26H24N4O7/c1-3-7-21-12-19(16-27-28-25(31)15-20-9-4-5-11-23(20)30(34)35)14-24(36-2)26(21)37-17-18-8-6-10-22(13-18)29(32)33/h3-6,8-14,16H,1,7,15,17H2,2H3,(H,28,31)/b27-16+. The van der Waals surface area contributed by atoms with Crippen LogP contribution in [0.15, 0.2) is 78.4 Å². The van der Waals surface area contributed by atoms with Crippen molar-refractivity contribution in [1.82, 2.24) is 5.43 Å². The number of para-hydroxylation sites is 1. The Balaban J connectivity index is 1.74. The van der Waals surface area contributed by atoms with Gasteiger partial charge in [0.1, 0.15) is 6.61 Å². The van der Waals surface area contributed by atoms with Gasteiger partial charge in [0.2, 0.25) is 5.91 Å². The van der Waals surface area contributed by atoms with E-state index in [9.17, 15) is 25.0 Å². The van der Waals surface area contributed by atoms with Gasteiger partial charge in [-0.3, -0.25) is 25.0 Å². The topological polar surface area (TPSA) is 146 Å². The van der Waals surface area contributed by atoms with Gasteiger partial charge in [-0.1, -0.05) is 36.4 Å². The highest BCUT2D eigenvalue weighted by Gasteiger charge is 2.16. The minimum absolute atomic E-state index is 0.0325. The summed E-state index contributed by atoms with van der Waals surface area (Å²) in [6, 6.07) is 15.6. The molecule has 190 valence electrons. The Morgan fingerprint density at radius 3 is 2.54 bits per heavy atom. The highest BCUT2D eigenvalue weighted by atomic mass is 16.6. The summed E-state index contributed by atoms with van der Waals surface area (Å²) in [7, 11) is 1.47. The number of carbonyl (C=O) groups excluding carboxylic acids is 1. The van der Waals surface area contributed by atoms with Gasteiger partial charge in [-0.05, 0) is 29.7 Å². The fraction of sp³-hybridized carbons (Fsp3) is 0.154. The number of ether oxygens (including phenoxy) is 2. The van der Waals surface area contributed by atoms with Crippen LogP contribution >= 0.6 is 0 Å². The zero-order chi connectivity index (χ0) is 26.8. The van der Waals surface area contributed by atoms with Crippen LogP contribution in [0.5, 0.6) is 11.5 Å². The van der Waals surface area contributed by atoms with Crippen molar-refractivity contribution >= 4 is 23.5 Å². The second-order valence-corrected chi connectivity index (χ2v) is 7.78. The number of nitrogens with zero attached hydrogens (tertiary/aromatic N) is 3. The van der Waals surface area contributed by atoms with Crippen LogP contribution in [-0.4, -0.2) is 29.1 Å². The summed E-state index contributed by atoms with van der Waals surface area (Å²) < 4.78 is 11.4. The van der Waals surface area contributed by atoms with Gasteiger partial charge in [0.05, 0.1) is 29.6 Å². The minimum Gasteiger partial charge on any atom is -0.493 e. The number of nitro benzene ring substituents is 2. The molecule has 37 heavy (non-hydrogen) atoms. The number of rotatable bonds is 12. The fourth-order valence-electron chi connectivity index (χ4n) is 3.53. The summed E-state index contributed by atoms with van der Waals surface area (Å²) in [6.07, 6.45) is 3.33. The van der Waals surface area contributed by atoms with E-state index in [1.165, 1.54) is 43.7 Å². The molecule has 0 spiro atoms. The molecule has 3 rings (SSSR count). The van der Waals surface area contributed by atoms with Crippen molar-refractivity contribution in [3.63, 3.8) is 0 Å². The van der Waals surface area contributed by atoms with Crippen LogP contribution in [0.3, 0.4) is 0 Å². The van der Waals surface area contributed by atoms with E-state index in [-0.39, 0.29) is 30.0 Å². The third-order valence-corrected chi connectivity index (χ3v) is 5.19. The Hall–Kier alpha value is -5.06. The number of benzene rings is 3. The van der Waals surface area contributed by atoms with Crippen molar-refractivity contribution in [2.45, 2.75) is 19.4 Å². The van der Waals surface area contributed by atoms with Gasteiger partial charge in [-0.2, -0.15) is 5.10 Å². The number of allylic oxidation sites excluding steroid dienone is 1. The van der Waals surface area contributed by atoms with Crippen molar-refractivity contribution in [2.24, 2.45) is 5.10 Å². The Bertz CT molecular complexity index is 1350. The number of hydrazone groups is 1. The van der Waals surface area contributed by atoms with Crippen LogP contribution in [0.25, 0.3) is 0 Å². The van der Waals surface area contributed by atoms with E-state index in [1.807, 2.05) is 0 Å². The Kier molecular flexibility index (Phi) is 9.03. The maximum atomic E-state index is 12.3. The van der Waals surface area contributed by atoms with Gasteiger partial charge in [0.15, 0.2) is 11.5 Å². The lowest BCUT2D eigenvalue weighted by Gasteiger charge is -2.16. The largest absolute Gasteiger partial charge is 0.493 e. The first-order valence-corrected chi connectivity index (χ1v) is 11.0. The normalized spacial score (nSPS) is 10.6. The summed E-state index contributed by atoms with van der Waals surface area (Å²) in [6.45, 7) is 3.85. The summed E-state index contributed by atoms with van der Waals surface area (Å²) >= 11 is 0. The highest BCUT2D eigenvalue weighted by molar-refractivity contribution is 5.85. The summed E-state index contributed by atoms with van der Waals surface area (Å²) in [4.78, 5) is 33.4. The Morgan fingerprint density at radius 2 is 1.84 bits per heavy atom. The molecule has 0 aliphatic rings. The number of amides is 1. The van der Waals surface area contributed by atoms with Crippen LogP contribution in [0.2, 0.25) is 0 Å².